The summed E-state index contributed by atoms with van der Waals surface area (Å²) < 4.78 is 28.7. The number of benzene rings is 2. The number of methoxy groups -OCH3 is 1. The van der Waals surface area contributed by atoms with Crippen LogP contribution in [0.25, 0.3) is 0 Å². The van der Waals surface area contributed by atoms with Crippen LogP contribution >= 0.6 is 0 Å². The van der Waals surface area contributed by atoms with Crippen LogP contribution in [0, 0.1) is 13.8 Å². The van der Waals surface area contributed by atoms with E-state index in [-0.39, 0.29) is 16.2 Å². The third kappa shape index (κ3) is 4.46. The lowest BCUT2D eigenvalue weighted by Gasteiger charge is -2.19. The molecule has 1 unspecified atom stereocenters. The van der Waals surface area contributed by atoms with Gasteiger partial charge in [0.15, 0.2) is 15.9 Å². The van der Waals surface area contributed by atoms with Gasteiger partial charge in [-0.25, -0.2) is 13.2 Å². The first-order valence-electron chi connectivity index (χ1n) is 8.04. The summed E-state index contributed by atoms with van der Waals surface area (Å²) in [4.78, 5) is 24.4. The summed E-state index contributed by atoms with van der Waals surface area (Å²) in [6.45, 7) is 3.62. The zero-order chi connectivity index (χ0) is 20.4. The normalized spacial score (nSPS) is 12.3. The Bertz CT molecular complexity index is 997. The van der Waals surface area contributed by atoms with Crippen molar-refractivity contribution in [2.24, 2.45) is 0 Å². The third-order valence-electron chi connectivity index (χ3n) is 4.32. The van der Waals surface area contributed by atoms with E-state index in [9.17, 15) is 23.1 Å². The molecular weight excluding hydrogens is 370 g/mol. The number of nitrogens with one attached hydrogen (secondary N) is 1. The van der Waals surface area contributed by atoms with Crippen molar-refractivity contribution < 1.29 is 27.9 Å². The maximum absolute atomic E-state index is 12.7. The number of sulfone groups is 1. The van der Waals surface area contributed by atoms with Crippen molar-refractivity contribution in [3.63, 3.8) is 0 Å². The number of carboxylic acids is 1. The highest BCUT2D eigenvalue weighted by Gasteiger charge is 2.26. The van der Waals surface area contributed by atoms with Gasteiger partial charge in [-0.1, -0.05) is 18.2 Å². The second kappa shape index (κ2) is 7.79. The molecule has 0 spiro atoms. The molecule has 0 radical (unpaired) electrons. The number of aliphatic carboxylic acids is 1. The monoisotopic (exact) mass is 391 g/mol. The highest BCUT2D eigenvalue weighted by molar-refractivity contribution is 7.90. The lowest BCUT2D eigenvalue weighted by Crippen LogP contribution is -2.34. The van der Waals surface area contributed by atoms with Crippen molar-refractivity contribution >= 4 is 21.7 Å². The predicted molar refractivity (Wildman–Crippen MR) is 99.9 cm³/mol. The zero-order valence-corrected chi connectivity index (χ0v) is 16.3. The average Bonchev–Trinajstić information content (AvgIpc) is 2.60. The molecule has 0 bridgehead atoms. The summed E-state index contributed by atoms with van der Waals surface area (Å²) in [5, 5.41) is 12.1. The first-order valence-corrected chi connectivity index (χ1v) is 9.93. The van der Waals surface area contributed by atoms with Crippen LogP contribution in [-0.2, 0) is 14.6 Å². The minimum Gasteiger partial charge on any atom is -0.496 e. The van der Waals surface area contributed by atoms with Gasteiger partial charge in [-0.05, 0) is 48.7 Å². The molecule has 0 fully saturated rings. The molecule has 144 valence electrons. The van der Waals surface area contributed by atoms with Gasteiger partial charge in [0.2, 0.25) is 0 Å². The van der Waals surface area contributed by atoms with Crippen LogP contribution in [0.2, 0.25) is 0 Å². The first kappa shape index (κ1) is 20.4. The van der Waals surface area contributed by atoms with Gasteiger partial charge in [0.1, 0.15) is 5.75 Å². The summed E-state index contributed by atoms with van der Waals surface area (Å²) in [6, 6.07) is 7.76. The Balaban J connectivity index is 2.47. The second-order valence-corrected chi connectivity index (χ2v) is 8.18. The van der Waals surface area contributed by atoms with E-state index in [0.717, 1.165) is 17.4 Å². The maximum Gasteiger partial charge on any atom is 0.330 e. The van der Waals surface area contributed by atoms with E-state index in [2.05, 4.69) is 5.32 Å². The highest BCUT2D eigenvalue weighted by atomic mass is 32.2. The molecule has 1 atom stereocenters. The lowest BCUT2D eigenvalue weighted by atomic mass is 9.97. The van der Waals surface area contributed by atoms with Gasteiger partial charge in [-0.2, -0.15) is 0 Å². The number of aryl methyl sites for hydroxylation is 1. The average molecular weight is 391 g/mol. The second-order valence-electron chi connectivity index (χ2n) is 6.17. The fourth-order valence-electron chi connectivity index (χ4n) is 2.66. The van der Waals surface area contributed by atoms with Gasteiger partial charge in [0.25, 0.3) is 5.91 Å². The Labute approximate surface area is 157 Å². The minimum atomic E-state index is -3.54. The fourth-order valence-corrected chi connectivity index (χ4v) is 3.31. The Kier molecular flexibility index (Phi) is 5.90. The van der Waals surface area contributed by atoms with Crippen molar-refractivity contribution in [1.82, 2.24) is 5.32 Å². The molecule has 0 heterocycles. The molecule has 0 aromatic heterocycles. The minimum absolute atomic E-state index is 0.0584. The highest BCUT2D eigenvalue weighted by Crippen LogP contribution is 2.25. The fraction of sp³-hybridized carbons (Fsp3) is 0.263. The van der Waals surface area contributed by atoms with E-state index in [4.69, 9.17) is 4.74 Å². The Hall–Kier alpha value is -2.87. The molecule has 2 N–H and O–H groups in total. The number of hydrogen-bond donors (Lipinski definition) is 2. The van der Waals surface area contributed by atoms with Crippen LogP contribution in [0.3, 0.4) is 0 Å². The number of amides is 1. The summed E-state index contributed by atoms with van der Waals surface area (Å²) in [7, 11) is -2.21. The topological polar surface area (TPSA) is 110 Å². The van der Waals surface area contributed by atoms with Gasteiger partial charge in [0, 0.05) is 6.26 Å². The number of carbonyl (C=O) groups is 2. The molecule has 0 saturated carbocycles. The van der Waals surface area contributed by atoms with Crippen LogP contribution in [-0.4, -0.2) is 38.8 Å². The van der Waals surface area contributed by atoms with E-state index in [1.165, 1.54) is 25.3 Å². The van der Waals surface area contributed by atoms with Crippen LogP contribution in [0.4, 0.5) is 0 Å². The molecule has 0 saturated heterocycles. The van der Waals surface area contributed by atoms with Gasteiger partial charge in [-0.3, -0.25) is 4.79 Å². The Morgan fingerprint density at radius 2 is 1.81 bits per heavy atom. The van der Waals surface area contributed by atoms with Crippen LogP contribution < -0.4 is 10.1 Å². The number of rotatable bonds is 6. The standard InChI is InChI=1S/C19H21NO6S/c1-11-6-5-7-14(12(11)2)17(19(22)23)20-18(21)15-10-13(27(4,24)25)8-9-16(15)26-3/h5-10,17H,1-4H3,(H,20,21)(H,22,23). The van der Waals surface area contributed by atoms with Crippen molar-refractivity contribution in [2.45, 2.75) is 24.8 Å². The van der Waals surface area contributed by atoms with Crippen molar-refractivity contribution in [1.29, 1.82) is 0 Å². The van der Waals surface area contributed by atoms with Crippen LogP contribution in [0.1, 0.15) is 33.1 Å². The molecule has 7 nitrogen and oxygen atoms in total. The summed E-state index contributed by atoms with van der Waals surface area (Å²) in [5.41, 5.74) is 2.04. The largest absolute Gasteiger partial charge is 0.496 e. The van der Waals surface area contributed by atoms with Crippen molar-refractivity contribution in [3.05, 3.63) is 58.7 Å². The van der Waals surface area contributed by atoms with Gasteiger partial charge in [-0.15, -0.1) is 0 Å². The van der Waals surface area contributed by atoms with Crippen molar-refractivity contribution in [3.8, 4) is 5.75 Å². The SMILES string of the molecule is COc1ccc(S(C)(=O)=O)cc1C(=O)NC(C(=O)O)c1cccc(C)c1C. The zero-order valence-electron chi connectivity index (χ0n) is 15.4. The smallest absolute Gasteiger partial charge is 0.330 e. The number of carbonyl (C=O) groups excluding carboxylic acids is 1. The van der Waals surface area contributed by atoms with Crippen molar-refractivity contribution in [2.75, 3.05) is 13.4 Å². The molecule has 8 heteroatoms. The Morgan fingerprint density at radius 1 is 1.15 bits per heavy atom. The number of carboxylic acid groups (broad SMARTS) is 1. The molecule has 1 amide bonds. The van der Waals surface area contributed by atoms with Crippen LogP contribution in [0.5, 0.6) is 5.75 Å². The lowest BCUT2D eigenvalue weighted by molar-refractivity contribution is -0.139. The van der Waals surface area contributed by atoms with Gasteiger partial charge < -0.3 is 15.2 Å². The molecule has 0 aliphatic carbocycles. The van der Waals surface area contributed by atoms with E-state index >= 15 is 0 Å². The molecule has 0 aliphatic heterocycles. The summed E-state index contributed by atoms with van der Waals surface area (Å²) in [5.74, 6) is -1.83. The summed E-state index contributed by atoms with van der Waals surface area (Å²) in [6.07, 6.45) is 1.02. The van der Waals surface area contributed by atoms with E-state index < -0.39 is 27.8 Å². The molecule has 2 rings (SSSR count). The third-order valence-corrected chi connectivity index (χ3v) is 5.43. The molecule has 2 aromatic carbocycles. The molecule has 0 aliphatic rings. The predicted octanol–water partition coefficient (Wildman–Crippen LogP) is 2.27. The number of hydrogen-bond acceptors (Lipinski definition) is 5. The molecular formula is C19H21NO6S. The maximum atomic E-state index is 12.7. The van der Waals surface area contributed by atoms with E-state index in [0.29, 0.717) is 5.56 Å². The quantitative estimate of drug-likeness (QED) is 0.782. The van der Waals surface area contributed by atoms with Gasteiger partial charge in [0.05, 0.1) is 17.6 Å². The first-order chi connectivity index (χ1) is 12.6. The van der Waals surface area contributed by atoms with E-state index in [1.807, 2.05) is 13.0 Å². The molecule has 2 aromatic rings. The van der Waals surface area contributed by atoms with Gasteiger partial charge >= 0.3 is 5.97 Å². The molecule has 27 heavy (non-hydrogen) atoms. The number of ether oxygens (including phenoxy) is 1. The van der Waals surface area contributed by atoms with E-state index in [1.54, 1.807) is 19.1 Å². The Morgan fingerprint density at radius 3 is 2.37 bits per heavy atom. The summed E-state index contributed by atoms with van der Waals surface area (Å²) >= 11 is 0. The van der Waals surface area contributed by atoms with Crippen LogP contribution in [0.15, 0.2) is 41.3 Å².